The number of rotatable bonds is 4. The molecule has 28 heavy (non-hydrogen) atoms. The summed E-state index contributed by atoms with van der Waals surface area (Å²) in [4.78, 5) is 20.7. The number of carbonyl (C=O) groups is 1. The van der Waals surface area contributed by atoms with Crippen molar-refractivity contribution in [3.05, 3.63) is 62.6 Å². The summed E-state index contributed by atoms with van der Waals surface area (Å²) in [5.74, 6) is -0.114. The van der Waals surface area contributed by atoms with Crippen LogP contribution >= 0.6 is 34.5 Å². The Bertz CT molecular complexity index is 1020. The van der Waals surface area contributed by atoms with Crippen LogP contribution in [-0.2, 0) is 11.3 Å². The van der Waals surface area contributed by atoms with E-state index in [1.807, 2.05) is 24.3 Å². The molecule has 1 aromatic carbocycles. The number of nitrogens with zero attached hydrogens (tertiary/aromatic N) is 2. The lowest BCUT2D eigenvalue weighted by Crippen LogP contribution is -2.38. The third kappa shape index (κ3) is 3.75. The second-order valence-electron chi connectivity index (χ2n) is 6.59. The first-order valence-electron chi connectivity index (χ1n) is 8.95. The van der Waals surface area contributed by atoms with E-state index in [0.717, 1.165) is 27.9 Å². The predicted molar refractivity (Wildman–Crippen MR) is 113 cm³/mol. The Balaban J connectivity index is 1.65. The second kappa shape index (κ2) is 8.35. The molecule has 1 aliphatic heterocycles. The molecule has 1 saturated heterocycles. The third-order valence-corrected chi connectivity index (χ3v) is 6.82. The Morgan fingerprint density at radius 2 is 2.21 bits per heavy atom. The minimum absolute atomic E-state index is 0.114. The largest absolute Gasteiger partial charge is 0.371 e. The van der Waals surface area contributed by atoms with Crippen molar-refractivity contribution in [3.8, 4) is 0 Å². The van der Waals surface area contributed by atoms with Crippen LogP contribution in [0.15, 0.2) is 36.5 Å². The molecule has 3 heterocycles. The first-order chi connectivity index (χ1) is 13.6. The first-order valence-corrected chi connectivity index (χ1v) is 10.5. The molecule has 1 atom stereocenters. The first kappa shape index (κ1) is 19.6. The number of thiophene rings is 1. The Kier molecular flexibility index (Phi) is 5.85. The van der Waals surface area contributed by atoms with E-state index in [4.69, 9.17) is 27.9 Å². The number of morpholine rings is 1. The van der Waals surface area contributed by atoms with Crippen molar-refractivity contribution in [2.75, 3.05) is 26.7 Å². The molecule has 2 aromatic heterocycles. The average Bonchev–Trinajstić information content (AvgIpc) is 3.11. The number of hydrogen-bond donors (Lipinski definition) is 1. The fraction of sp³-hybridized carbons (Fsp3) is 0.300. The zero-order valence-corrected chi connectivity index (χ0v) is 17.6. The van der Waals surface area contributed by atoms with Gasteiger partial charge in [-0.2, -0.15) is 0 Å². The van der Waals surface area contributed by atoms with Crippen molar-refractivity contribution in [3.63, 3.8) is 0 Å². The number of hydrogen-bond acceptors (Lipinski definition) is 5. The van der Waals surface area contributed by atoms with E-state index in [1.54, 1.807) is 19.3 Å². The van der Waals surface area contributed by atoms with Crippen molar-refractivity contribution < 1.29 is 9.53 Å². The number of halogens is 2. The fourth-order valence-electron chi connectivity index (χ4n) is 3.49. The van der Waals surface area contributed by atoms with E-state index in [0.29, 0.717) is 34.6 Å². The zero-order valence-electron chi connectivity index (χ0n) is 15.2. The lowest BCUT2D eigenvalue weighted by atomic mass is 10.0. The van der Waals surface area contributed by atoms with Crippen LogP contribution in [0.25, 0.3) is 10.2 Å². The van der Waals surface area contributed by atoms with Crippen molar-refractivity contribution in [1.82, 2.24) is 15.2 Å². The van der Waals surface area contributed by atoms with E-state index >= 15 is 0 Å². The van der Waals surface area contributed by atoms with E-state index in [-0.39, 0.29) is 12.0 Å². The number of ether oxygens (including phenoxy) is 1. The molecule has 5 nitrogen and oxygen atoms in total. The Morgan fingerprint density at radius 3 is 3.04 bits per heavy atom. The Hall–Kier alpha value is -1.70. The summed E-state index contributed by atoms with van der Waals surface area (Å²) in [6.45, 7) is 2.70. The predicted octanol–water partition coefficient (Wildman–Crippen LogP) is 4.54. The highest BCUT2D eigenvalue weighted by molar-refractivity contribution is 7.20. The minimum atomic E-state index is -0.211. The van der Waals surface area contributed by atoms with Gasteiger partial charge in [0.05, 0.1) is 22.8 Å². The van der Waals surface area contributed by atoms with Gasteiger partial charge in [-0.1, -0.05) is 41.4 Å². The quantitative estimate of drug-likeness (QED) is 0.653. The van der Waals surface area contributed by atoms with Crippen molar-refractivity contribution in [2.24, 2.45) is 0 Å². The van der Waals surface area contributed by atoms with Crippen LogP contribution in [-0.4, -0.2) is 42.5 Å². The molecule has 0 aliphatic carbocycles. The molecular formula is C20H19Cl2N3O2S. The van der Waals surface area contributed by atoms with Gasteiger partial charge in [-0.05, 0) is 17.7 Å². The Labute approximate surface area is 177 Å². The highest BCUT2D eigenvalue weighted by Crippen LogP contribution is 2.37. The van der Waals surface area contributed by atoms with E-state index in [9.17, 15) is 4.79 Å². The monoisotopic (exact) mass is 435 g/mol. The summed E-state index contributed by atoms with van der Waals surface area (Å²) in [6.07, 6.45) is 1.53. The zero-order chi connectivity index (χ0) is 19.7. The van der Waals surface area contributed by atoms with Crippen LogP contribution in [0.1, 0.15) is 26.9 Å². The van der Waals surface area contributed by atoms with Gasteiger partial charge in [0.1, 0.15) is 9.71 Å². The van der Waals surface area contributed by atoms with Crippen LogP contribution in [0.2, 0.25) is 10.0 Å². The van der Waals surface area contributed by atoms with Crippen molar-refractivity contribution >= 4 is 50.7 Å². The van der Waals surface area contributed by atoms with Crippen LogP contribution < -0.4 is 5.32 Å². The lowest BCUT2D eigenvalue weighted by Gasteiger charge is -2.33. The van der Waals surface area contributed by atoms with Crippen LogP contribution in [0.3, 0.4) is 0 Å². The average molecular weight is 436 g/mol. The van der Waals surface area contributed by atoms with Gasteiger partial charge < -0.3 is 10.1 Å². The summed E-state index contributed by atoms with van der Waals surface area (Å²) < 4.78 is 6.09. The maximum Gasteiger partial charge on any atom is 0.261 e. The summed E-state index contributed by atoms with van der Waals surface area (Å²) in [5.41, 5.74) is 1.90. The fourth-order valence-corrected chi connectivity index (χ4v) is 5.01. The van der Waals surface area contributed by atoms with Crippen LogP contribution in [0, 0.1) is 0 Å². The molecule has 1 amide bonds. The van der Waals surface area contributed by atoms with Crippen molar-refractivity contribution in [1.29, 1.82) is 0 Å². The second-order valence-corrected chi connectivity index (χ2v) is 8.37. The van der Waals surface area contributed by atoms with Gasteiger partial charge in [-0.25, -0.2) is 4.98 Å². The highest BCUT2D eigenvalue weighted by atomic mass is 35.5. The summed E-state index contributed by atoms with van der Waals surface area (Å²) >= 11 is 13.9. The van der Waals surface area contributed by atoms with Gasteiger partial charge in [0.15, 0.2) is 0 Å². The molecule has 3 aromatic rings. The molecule has 1 fully saturated rings. The van der Waals surface area contributed by atoms with Crippen LogP contribution in [0.5, 0.6) is 0 Å². The minimum Gasteiger partial charge on any atom is -0.371 e. The maximum absolute atomic E-state index is 12.5. The van der Waals surface area contributed by atoms with Gasteiger partial charge in [0.2, 0.25) is 0 Å². The number of aromatic nitrogens is 1. The normalized spacial score (nSPS) is 17.8. The molecule has 0 spiro atoms. The summed E-state index contributed by atoms with van der Waals surface area (Å²) in [6, 6.07) is 9.56. The van der Waals surface area contributed by atoms with Crippen molar-refractivity contribution in [2.45, 2.75) is 12.6 Å². The third-order valence-electron chi connectivity index (χ3n) is 4.84. The highest BCUT2D eigenvalue weighted by Gasteiger charge is 2.30. The van der Waals surface area contributed by atoms with E-state index < -0.39 is 0 Å². The number of nitrogens with one attached hydrogen (secondary N) is 1. The number of carbonyl (C=O) groups excluding carboxylic acids is 1. The molecule has 0 bridgehead atoms. The molecule has 0 radical (unpaired) electrons. The molecule has 0 saturated carbocycles. The number of fused-ring (bicyclic) bond motifs is 1. The summed E-state index contributed by atoms with van der Waals surface area (Å²) in [5, 5.41) is 4.84. The van der Waals surface area contributed by atoms with Crippen LogP contribution in [0.4, 0.5) is 0 Å². The van der Waals surface area contributed by atoms with E-state index in [2.05, 4.69) is 15.2 Å². The molecule has 1 aliphatic rings. The lowest BCUT2D eigenvalue weighted by molar-refractivity contribution is -0.0323. The Morgan fingerprint density at radius 1 is 1.36 bits per heavy atom. The number of pyridine rings is 1. The van der Waals surface area contributed by atoms with E-state index in [1.165, 1.54) is 11.3 Å². The summed E-state index contributed by atoms with van der Waals surface area (Å²) in [7, 11) is 1.64. The molecule has 0 unspecified atom stereocenters. The van der Waals surface area contributed by atoms with Gasteiger partial charge in [-0.15, -0.1) is 11.3 Å². The van der Waals surface area contributed by atoms with Gasteiger partial charge >= 0.3 is 0 Å². The SMILES string of the molecule is CNC(=O)c1sc2ncccc2c1[C@H]1CN(Cc2cccc(Cl)c2Cl)CCO1. The molecule has 8 heteroatoms. The molecular weight excluding hydrogens is 417 g/mol. The topological polar surface area (TPSA) is 54.5 Å². The number of benzene rings is 1. The maximum atomic E-state index is 12.5. The van der Waals surface area contributed by atoms with Gasteiger partial charge in [0.25, 0.3) is 5.91 Å². The number of amides is 1. The smallest absolute Gasteiger partial charge is 0.261 e. The molecule has 4 rings (SSSR count). The molecule has 146 valence electrons. The van der Waals surface area contributed by atoms with Gasteiger partial charge in [-0.3, -0.25) is 9.69 Å². The van der Waals surface area contributed by atoms with Gasteiger partial charge in [0, 0.05) is 43.8 Å². The standard InChI is InChI=1S/C20H19Cl2N3O2S/c1-23-19(26)18-16(13-5-3-7-24-20(13)28-18)15-11-25(8-9-27-15)10-12-4-2-6-14(21)17(12)22/h2-7,15H,8-11H2,1H3,(H,23,26)/t15-/m1/s1. The molecule has 1 N–H and O–H groups in total.